The number of benzene rings is 1. The Morgan fingerprint density at radius 3 is 2.33 bits per heavy atom. The van der Waals surface area contributed by atoms with Gasteiger partial charge in [-0.3, -0.25) is 18.2 Å². The van der Waals surface area contributed by atoms with Crippen LogP contribution in [-0.2, 0) is 4.74 Å². The molecule has 0 bridgehead atoms. The number of aromatic nitrogens is 4. The number of aryl methyl sites for hydroxylation is 1. The van der Waals surface area contributed by atoms with Gasteiger partial charge in [0.2, 0.25) is 0 Å². The number of pyridine rings is 2. The highest BCUT2D eigenvalue weighted by Gasteiger charge is 2.35. The molecule has 10 nitrogen and oxygen atoms in total. The first-order chi connectivity index (χ1) is 24.5. The monoisotopic (exact) mass is 730 g/mol. The normalized spacial score (nSPS) is 15.4. The maximum absolute atomic E-state index is 16.4. The predicted octanol–water partition coefficient (Wildman–Crippen LogP) is 7.27. The number of ether oxygens (including phenoxy) is 2. The van der Waals surface area contributed by atoms with Gasteiger partial charge in [0.1, 0.15) is 55.3 Å². The second-order valence-corrected chi connectivity index (χ2v) is 14.5. The molecule has 1 fully saturated rings. The van der Waals surface area contributed by atoms with Crippen molar-refractivity contribution in [1.82, 2.24) is 24.4 Å². The van der Waals surface area contributed by atoms with Crippen molar-refractivity contribution >= 4 is 22.9 Å². The number of carbonyl (C=O) groups excluding carboxylic acids is 1. The van der Waals surface area contributed by atoms with Crippen LogP contribution >= 0.6 is 0 Å². The number of amides is 1. The van der Waals surface area contributed by atoms with Gasteiger partial charge in [-0.25, -0.2) is 27.9 Å². The van der Waals surface area contributed by atoms with Crippen LogP contribution in [0.3, 0.4) is 0 Å². The standard InChI is InChI=1S/C37H43F5N6O4/c1-21(2)29-31(22(3)11-12-43-29)48-33-24(32(45-34(48)49)47-14-13-46(16-23(47)4)35(50)52-36(5,6)7)15-26(42)30(44-33)28-25(41)9-8-10-27(28)51-20-37(17-38,18-39)19-40/h8-12,15,21,23H,13-14,16-20H2,1-7H3/t23-/m0/s1. The van der Waals surface area contributed by atoms with Gasteiger partial charge in [-0.2, -0.15) is 4.98 Å². The van der Waals surface area contributed by atoms with Gasteiger partial charge in [0, 0.05) is 31.9 Å². The van der Waals surface area contributed by atoms with Crippen molar-refractivity contribution in [3.05, 3.63) is 69.9 Å². The molecule has 0 radical (unpaired) electrons. The lowest BCUT2D eigenvalue weighted by Gasteiger charge is -2.41. The number of carbonyl (C=O) groups is 1. The maximum Gasteiger partial charge on any atom is 0.410 e. The minimum absolute atomic E-state index is 0.0778. The molecule has 0 N–H and O–H groups in total. The molecule has 15 heteroatoms. The zero-order valence-electron chi connectivity index (χ0n) is 30.3. The summed E-state index contributed by atoms with van der Waals surface area (Å²) in [5.74, 6) is -2.41. The summed E-state index contributed by atoms with van der Waals surface area (Å²) >= 11 is 0. The van der Waals surface area contributed by atoms with Crippen molar-refractivity contribution < 1.29 is 36.2 Å². The number of hydrogen-bond acceptors (Lipinski definition) is 8. The molecule has 1 aliphatic rings. The molecular weight excluding hydrogens is 687 g/mol. The Labute approximate surface area is 298 Å². The number of hydrogen-bond donors (Lipinski definition) is 0. The summed E-state index contributed by atoms with van der Waals surface area (Å²) in [7, 11) is 0. The van der Waals surface area contributed by atoms with Crippen molar-refractivity contribution in [3.63, 3.8) is 0 Å². The average Bonchev–Trinajstić information content (AvgIpc) is 3.08. The van der Waals surface area contributed by atoms with Crippen LogP contribution in [0.15, 0.2) is 41.3 Å². The number of fused-ring (bicyclic) bond motifs is 1. The third kappa shape index (κ3) is 7.54. The molecule has 0 unspecified atom stereocenters. The van der Waals surface area contributed by atoms with Gasteiger partial charge in [0.15, 0.2) is 11.5 Å². The third-order valence-corrected chi connectivity index (χ3v) is 8.87. The minimum atomic E-state index is -2.13. The van der Waals surface area contributed by atoms with E-state index in [-0.39, 0.29) is 48.2 Å². The molecule has 52 heavy (non-hydrogen) atoms. The lowest BCUT2D eigenvalue weighted by Crippen LogP contribution is -2.55. The van der Waals surface area contributed by atoms with Crippen LogP contribution in [0.25, 0.3) is 28.0 Å². The van der Waals surface area contributed by atoms with Gasteiger partial charge in [-0.05, 0) is 70.4 Å². The Balaban J connectivity index is 1.73. The maximum atomic E-state index is 16.4. The summed E-state index contributed by atoms with van der Waals surface area (Å²) in [6, 6.07) is 5.91. The highest BCUT2D eigenvalue weighted by molar-refractivity contribution is 5.91. The van der Waals surface area contributed by atoms with Crippen LogP contribution in [0, 0.1) is 24.0 Å². The molecule has 1 aliphatic heterocycles. The van der Waals surface area contributed by atoms with Gasteiger partial charge >= 0.3 is 11.8 Å². The molecule has 5 rings (SSSR count). The first kappa shape index (κ1) is 38.4. The average molecular weight is 731 g/mol. The molecule has 0 spiro atoms. The van der Waals surface area contributed by atoms with Crippen molar-refractivity contribution in [3.8, 4) is 22.7 Å². The van der Waals surface area contributed by atoms with Gasteiger partial charge < -0.3 is 19.3 Å². The Kier molecular flexibility index (Phi) is 11.1. The molecule has 1 saturated heterocycles. The summed E-state index contributed by atoms with van der Waals surface area (Å²) in [5, 5.41) is 0.112. The molecule has 4 aromatic rings. The van der Waals surface area contributed by atoms with Gasteiger partial charge in [-0.1, -0.05) is 19.9 Å². The summed E-state index contributed by atoms with van der Waals surface area (Å²) in [6.07, 6.45) is 1.10. The molecule has 1 aromatic carbocycles. The number of alkyl halides is 3. The number of piperazine rings is 1. The number of nitrogens with zero attached hydrogens (tertiary/aromatic N) is 6. The second kappa shape index (κ2) is 15.0. The zero-order valence-corrected chi connectivity index (χ0v) is 30.3. The molecule has 3 aromatic heterocycles. The van der Waals surface area contributed by atoms with E-state index in [2.05, 4.69) is 15.0 Å². The van der Waals surface area contributed by atoms with E-state index in [0.29, 0.717) is 16.9 Å². The van der Waals surface area contributed by atoms with E-state index in [1.807, 2.05) is 20.8 Å². The van der Waals surface area contributed by atoms with Crippen LogP contribution < -0.4 is 15.3 Å². The Bertz CT molecular complexity index is 2010. The highest BCUT2D eigenvalue weighted by atomic mass is 19.2. The van der Waals surface area contributed by atoms with Gasteiger partial charge in [-0.15, -0.1) is 0 Å². The largest absolute Gasteiger partial charge is 0.492 e. The molecule has 0 saturated carbocycles. The number of anilines is 1. The summed E-state index contributed by atoms with van der Waals surface area (Å²) in [4.78, 5) is 43.9. The third-order valence-electron chi connectivity index (χ3n) is 8.87. The first-order valence-corrected chi connectivity index (χ1v) is 17.0. The van der Waals surface area contributed by atoms with Crippen LogP contribution in [0.2, 0.25) is 0 Å². The fourth-order valence-electron chi connectivity index (χ4n) is 6.06. The Hall–Kier alpha value is -4.82. The van der Waals surface area contributed by atoms with Crippen molar-refractivity contribution in [2.45, 2.75) is 66.0 Å². The fourth-order valence-corrected chi connectivity index (χ4v) is 6.06. The van der Waals surface area contributed by atoms with Crippen LogP contribution in [0.5, 0.6) is 5.75 Å². The Morgan fingerprint density at radius 1 is 1.02 bits per heavy atom. The quantitative estimate of drug-likeness (QED) is 0.157. The number of halogens is 5. The smallest absolute Gasteiger partial charge is 0.410 e. The Morgan fingerprint density at radius 2 is 1.71 bits per heavy atom. The van der Waals surface area contributed by atoms with Crippen LogP contribution in [0.1, 0.15) is 58.7 Å². The molecular formula is C37H43F5N6O4. The fraction of sp³-hybridized carbons (Fsp3) is 0.486. The molecule has 4 heterocycles. The molecule has 280 valence electrons. The molecule has 1 amide bonds. The summed E-state index contributed by atoms with van der Waals surface area (Å²) in [5.41, 5.74) is -3.21. The van der Waals surface area contributed by atoms with E-state index in [4.69, 9.17) is 9.47 Å². The summed E-state index contributed by atoms with van der Waals surface area (Å²) < 4.78 is 85.5. The van der Waals surface area contributed by atoms with Crippen molar-refractivity contribution in [2.75, 3.05) is 51.2 Å². The van der Waals surface area contributed by atoms with E-state index in [0.717, 1.165) is 12.1 Å². The second-order valence-electron chi connectivity index (χ2n) is 14.5. The van der Waals surface area contributed by atoms with E-state index < -0.39 is 78.4 Å². The van der Waals surface area contributed by atoms with E-state index >= 15 is 8.78 Å². The van der Waals surface area contributed by atoms with E-state index in [9.17, 15) is 22.8 Å². The van der Waals surface area contributed by atoms with E-state index in [1.54, 1.807) is 49.8 Å². The highest BCUT2D eigenvalue weighted by Crippen LogP contribution is 2.38. The van der Waals surface area contributed by atoms with Gasteiger partial charge in [0.25, 0.3) is 0 Å². The molecule has 1 atom stereocenters. The summed E-state index contributed by atoms with van der Waals surface area (Å²) in [6.45, 7) is 8.34. The lowest BCUT2D eigenvalue weighted by atomic mass is 9.94. The zero-order chi connectivity index (χ0) is 38.1. The number of rotatable bonds is 10. The minimum Gasteiger partial charge on any atom is -0.492 e. The van der Waals surface area contributed by atoms with Crippen LogP contribution in [-0.4, -0.2) is 88.4 Å². The van der Waals surface area contributed by atoms with Crippen molar-refractivity contribution in [2.24, 2.45) is 5.41 Å². The molecule has 0 aliphatic carbocycles. The van der Waals surface area contributed by atoms with E-state index in [1.165, 1.54) is 16.7 Å². The SMILES string of the molecule is Cc1ccnc(C(C)C)c1-n1c(=O)nc(N2CCN(C(=O)OC(C)(C)C)C[C@@H]2C)c2cc(F)c(-c3c(F)cccc3OCC(CF)(CF)CF)nc21. The lowest BCUT2D eigenvalue weighted by molar-refractivity contribution is 0.0218. The predicted molar refractivity (Wildman–Crippen MR) is 188 cm³/mol. The topological polar surface area (TPSA) is 103 Å². The first-order valence-electron chi connectivity index (χ1n) is 17.0. The van der Waals surface area contributed by atoms with Crippen molar-refractivity contribution in [1.29, 1.82) is 0 Å². The van der Waals surface area contributed by atoms with Gasteiger partial charge in [0.05, 0.1) is 27.7 Å². The van der Waals surface area contributed by atoms with Crippen LogP contribution in [0.4, 0.5) is 32.6 Å².